The monoisotopic (exact) mass is 318 g/mol. The van der Waals surface area contributed by atoms with Crippen LogP contribution >= 0.6 is 15.9 Å². The Hall–Kier alpha value is -2.19. The maximum absolute atomic E-state index is 13.1. The molecule has 19 heavy (non-hydrogen) atoms. The summed E-state index contributed by atoms with van der Waals surface area (Å²) in [5.74, 6) is -0.931. The van der Waals surface area contributed by atoms with Gasteiger partial charge in [-0.1, -0.05) is 22.0 Å². The second-order valence-corrected chi connectivity index (χ2v) is 4.69. The minimum Gasteiger partial charge on any atom is -0.322 e. The van der Waals surface area contributed by atoms with Gasteiger partial charge in [-0.2, -0.15) is 5.26 Å². The Morgan fingerprint density at radius 3 is 2.74 bits per heavy atom. The third-order valence-electron chi connectivity index (χ3n) is 2.43. The van der Waals surface area contributed by atoms with E-state index in [-0.39, 0.29) is 11.5 Å². The number of nitrogens with zero attached hydrogens (tertiary/aromatic N) is 1. The van der Waals surface area contributed by atoms with E-state index in [4.69, 9.17) is 5.26 Å². The lowest BCUT2D eigenvalue weighted by atomic mass is 10.2. The van der Waals surface area contributed by atoms with Crippen LogP contribution in [0.1, 0.15) is 15.9 Å². The van der Waals surface area contributed by atoms with Crippen molar-refractivity contribution >= 4 is 27.5 Å². The molecule has 0 aliphatic carbocycles. The molecule has 3 nitrogen and oxygen atoms in total. The number of benzene rings is 2. The predicted molar refractivity (Wildman–Crippen MR) is 73.2 cm³/mol. The van der Waals surface area contributed by atoms with Crippen molar-refractivity contribution in [3.63, 3.8) is 0 Å². The molecule has 0 aromatic heterocycles. The van der Waals surface area contributed by atoms with Crippen LogP contribution in [0, 0.1) is 17.1 Å². The van der Waals surface area contributed by atoms with E-state index in [9.17, 15) is 9.18 Å². The zero-order chi connectivity index (χ0) is 13.8. The molecule has 0 saturated heterocycles. The largest absolute Gasteiger partial charge is 0.322 e. The predicted octanol–water partition coefficient (Wildman–Crippen LogP) is 3.71. The summed E-state index contributed by atoms with van der Waals surface area (Å²) in [6.45, 7) is 0. The molecule has 0 radical (unpaired) electrons. The van der Waals surface area contributed by atoms with Gasteiger partial charge in [-0.05, 0) is 36.4 Å². The van der Waals surface area contributed by atoms with Crippen LogP contribution < -0.4 is 5.32 Å². The molecule has 0 aliphatic heterocycles. The Kier molecular flexibility index (Phi) is 3.93. The van der Waals surface area contributed by atoms with Gasteiger partial charge in [0.15, 0.2) is 0 Å². The van der Waals surface area contributed by atoms with Gasteiger partial charge in [-0.3, -0.25) is 4.79 Å². The minimum absolute atomic E-state index is 0.105. The van der Waals surface area contributed by atoms with E-state index >= 15 is 0 Å². The lowest BCUT2D eigenvalue weighted by Gasteiger charge is -2.06. The number of anilines is 1. The van der Waals surface area contributed by atoms with Crippen molar-refractivity contribution in [1.29, 1.82) is 5.26 Å². The lowest BCUT2D eigenvalue weighted by Crippen LogP contribution is -2.12. The Morgan fingerprint density at radius 1 is 1.26 bits per heavy atom. The summed E-state index contributed by atoms with van der Waals surface area (Å²) >= 11 is 3.28. The van der Waals surface area contributed by atoms with Crippen LogP contribution in [0.25, 0.3) is 0 Å². The molecule has 2 rings (SSSR count). The SMILES string of the molecule is N#Cc1cc(NC(=O)c2cccc(Br)c2)ccc1F. The molecular formula is C14H8BrFN2O. The van der Waals surface area contributed by atoms with Gasteiger partial charge in [0, 0.05) is 15.7 Å². The number of halogens is 2. The van der Waals surface area contributed by atoms with E-state index in [1.54, 1.807) is 24.3 Å². The number of nitriles is 1. The van der Waals surface area contributed by atoms with Gasteiger partial charge in [-0.15, -0.1) is 0 Å². The molecule has 0 fully saturated rings. The summed E-state index contributed by atoms with van der Waals surface area (Å²) in [5, 5.41) is 11.3. The molecule has 2 aromatic carbocycles. The van der Waals surface area contributed by atoms with Crippen molar-refractivity contribution in [1.82, 2.24) is 0 Å². The maximum Gasteiger partial charge on any atom is 0.255 e. The molecule has 5 heteroatoms. The minimum atomic E-state index is -0.608. The van der Waals surface area contributed by atoms with Crippen molar-refractivity contribution in [2.24, 2.45) is 0 Å². The van der Waals surface area contributed by atoms with Crippen LogP contribution in [0.4, 0.5) is 10.1 Å². The molecule has 0 unspecified atom stereocenters. The van der Waals surface area contributed by atoms with Crippen molar-refractivity contribution in [3.8, 4) is 6.07 Å². The van der Waals surface area contributed by atoms with Crippen LogP contribution in [-0.4, -0.2) is 5.91 Å². The van der Waals surface area contributed by atoms with Crippen molar-refractivity contribution in [3.05, 3.63) is 63.9 Å². The van der Waals surface area contributed by atoms with Crippen molar-refractivity contribution < 1.29 is 9.18 Å². The summed E-state index contributed by atoms with van der Waals surface area (Å²) in [7, 11) is 0. The summed E-state index contributed by atoms with van der Waals surface area (Å²) < 4.78 is 13.9. The third-order valence-corrected chi connectivity index (χ3v) is 2.92. The third kappa shape index (κ3) is 3.18. The zero-order valence-electron chi connectivity index (χ0n) is 9.65. The number of carbonyl (C=O) groups is 1. The summed E-state index contributed by atoms with van der Waals surface area (Å²) in [6, 6.07) is 12.5. The first kappa shape index (κ1) is 13.2. The highest BCUT2D eigenvalue weighted by Gasteiger charge is 2.08. The quantitative estimate of drug-likeness (QED) is 0.917. The van der Waals surface area contributed by atoms with Gasteiger partial charge in [-0.25, -0.2) is 4.39 Å². The smallest absolute Gasteiger partial charge is 0.255 e. The fourth-order valence-electron chi connectivity index (χ4n) is 1.52. The highest BCUT2D eigenvalue weighted by Crippen LogP contribution is 2.16. The molecule has 1 N–H and O–H groups in total. The lowest BCUT2D eigenvalue weighted by molar-refractivity contribution is 0.102. The molecule has 1 amide bonds. The van der Waals surface area contributed by atoms with Gasteiger partial charge >= 0.3 is 0 Å². The first-order chi connectivity index (χ1) is 9.10. The molecule has 94 valence electrons. The molecule has 0 bridgehead atoms. The highest BCUT2D eigenvalue weighted by atomic mass is 79.9. The van der Waals surface area contributed by atoms with E-state index in [0.717, 1.165) is 10.5 Å². The number of rotatable bonds is 2. The van der Waals surface area contributed by atoms with Gasteiger partial charge < -0.3 is 5.32 Å². The van der Waals surface area contributed by atoms with Crippen LogP contribution in [0.5, 0.6) is 0 Å². The summed E-state index contributed by atoms with van der Waals surface area (Å²) in [4.78, 5) is 11.9. The average molecular weight is 319 g/mol. The number of hydrogen-bond donors (Lipinski definition) is 1. The highest BCUT2D eigenvalue weighted by molar-refractivity contribution is 9.10. The molecule has 0 atom stereocenters. The second-order valence-electron chi connectivity index (χ2n) is 3.77. The molecule has 0 heterocycles. The fraction of sp³-hybridized carbons (Fsp3) is 0. The molecule has 0 saturated carbocycles. The average Bonchev–Trinajstić information content (AvgIpc) is 2.41. The van der Waals surface area contributed by atoms with E-state index in [1.807, 2.05) is 6.07 Å². The van der Waals surface area contributed by atoms with Gasteiger partial charge in [0.25, 0.3) is 5.91 Å². The van der Waals surface area contributed by atoms with E-state index in [2.05, 4.69) is 21.2 Å². The van der Waals surface area contributed by atoms with E-state index < -0.39 is 5.82 Å². The number of nitrogens with one attached hydrogen (secondary N) is 1. The second kappa shape index (κ2) is 5.63. The van der Waals surface area contributed by atoms with Crippen LogP contribution in [0.2, 0.25) is 0 Å². The summed E-state index contributed by atoms with van der Waals surface area (Å²) in [5.41, 5.74) is 0.743. The molecule has 0 spiro atoms. The molecule has 2 aromatic rings. The van der Waals surface area contributed by atoms with Crippen molar-refractivity contribution in [2.75, 3.05) is 5.32 Å². The Bertz CT molecular complexity index is 679. The fourth-order valence-corrected chi connectivity index (χ4v) is 1.92. The first-order valence-electron chi connectivity index (χ1n) is 5.37. The number of amides is 1. The van der Waals surface area contributed by atoms with Gasteiger partial charge in [0.1, 0.15) is 11.9 Å². The number of hydrogen-bond acceptors (Lipinski definition) is 2. The van der Waals surface area contributed by atoms with Crippen molar-refractivity contribution in [2.45, 2.75) is 0 Å². The van der Waals surface area contributed by atoms with E-state index in [1.165, 1.54) is 12.1 Å². The van der Waals surface area contributed by atoms with Crippen LogP contribution in [-0.2, 0) is 0 Å². The van der Waals surface area contributed by atoms with Gasteiger partial charge in [0.2, 0.25) is 0 Å². The Balaban J connectivity index is 2.22. The molecular weight excluding hydrogens is 311 g/mol. The van der Waals surface area contributed by atoms with Crippen LogP contribution in [0.3, 0.4) is 0 Å². The Labute approximate surface area is 117 Å². The zero-order valence-corrected chi connectivity index (χ0v) is 11.2. The maximum atomic E-state index is 13.1. The number of carbonyl (C=O) groups excluding carboxylic acids is 1. The summed E-state index contributed by atoms with van der Waals surface area (Å²) in [6.07, 6.45) is 0. The standard InChI is InChI=1S/C14H8BrFN2O/c15-11-3-1-2-9(6-11)14(19)18-12-4-5-13(16)10(7-12)8-17/h1-7H,(H,18,19). The topological polar surface area (TPSA) is 52.9 Å². The molecule has 0 aliphatic rings. The van der Waals surface area contributed by atoms with Gasteiger partial charge in [0.05, 0.1) is 5.56 Å². The Morgan fingerprint density at radius 2 is 2.05 bits per heavy atom. The van der Waals surface area contributed by atoms with E-state index in [0.29, 0.717) is 11.3 Å². The normalized spacial score (nSPS) is 9.74. The van der Waals surface area contributed by atoms with Crippen LogP contribution in [0.15, 0.2) is 46.9 Å². The first-order valence-corrected chi connectivity index (χ1v) is 6.16.